The Morgan fingerprint density at radius 3 is 2.41 bits per heavy atom. The van der Waals surface area contributed by atoms with E-state index >= 15 is 0 Å². The van der Waals surface area contributed by atoms with E-state index in [-0.39, 0.29) is 18.1 Å². The zero-order valence-electron chi connectivity index (χ0n) is 14.4. The Labute approximate surface area is 185 Å². The normalized spacial score (nSPS) is 10.2. The van der Waals surface area contributed by atoms with E-state index in [1.54, 1.807) is 6.07 Å². The molecule has 0 radical (unpaired) electrons. The minimum atomic E-state index is -0.468. The van der Waals surface area contributed by atoms with Gasteiger partial charge in [-0.25, -0.2) is 0 Å². The first-order chi connectivity index (χ1) is 12.4. The fourth-order valence-electron chi connectivity index (χ4n) is 2.28. The molecule has 0 unspecified atom stereocenters. The summed E-state index contributed by atoms with van der Waals surface area (Å²) in [5, 5.41) is 17.5. The highest BCUT2D eigenvalue weighted by atomic mass is 79.9. The number of nitrogens with zero attached hydrogens (tertiary/aromatic N) is 1. The fraction of sp³-hybridized carbons (Fsp3) is 0.294. The van der Waals surface area contributed by atoms with E-state index < -0.39 is 4.92 Å². The zero-order valence-corrected chi connectivity index (χ0v) is 19.2. The van der Waals surface area contributed by atoms with Gasteiger partial charge in [-0.2, -0.15) is 0 Å². The van der Waals surface area contributed by atoms with Crippen LogP contribution < -0.4 is 15.4 Å². The quantitative estimate of drug-likeness (QED) is 0.238. The number of benzene rings is 2. The van der Waals surface area contributed by atoms with Crippen LogP contribution in [0.2, 0.25) is 5.02 Å². The summed E-state index contributed by atoms with van der Waals surface area (Å²) < 4.78 is 7.38. The van der Waals surface area contributed by atoms with Gasteiger partial charge in [0.05, 0.1) is 31.2 Å². The van der Waals surface area contributed by atoms with Gasteiger partial charge < -0.3 is 15.4 Å². The third-order valence-corrected chi connectivity index (χ3v) is 4.95. The van der Waals surface area contributed by atoms with Crippen LogP contribution in [0.5, 0.6) is 5.75 Å². The van der Waals surface area contributed by atoms with Crippen molar-refractivity contribution in [2.45, 2.75) is 13.5 Å². The maximum absolute atomic E-state index is 10.7. The molecule has 6 nitrogen and oxygen atoms in total. The van der Waals surface area contributed by atoms with Crippen LogP contribution in [0.3, 0.4) is 0 Å². The molecule has 0 atom stereocenters. The van der Waals surface area contributed by atoms with Gasteiger partial charge >= 0.3 is 0 Å². The molecule has 0 spiro atoms. The van der Waals surface area contributed by atoms with Gasteiger partial charge in [-0.05, 0) is 62.5 Å². The Morgan fingerprint density at radius 1 is 1.19 bits per heavy atom. The van der Waals surface area contributed by atoms with Crippen LogP contribution >= 0.6 is 55.9 Å². The first-order valence-electron chi connectivity index (χ1n) is 7.91. The molecule has 148 valence electrons. The maximum Gasteiger partial charge on any atom is 0.271 e. The van der Waals surface area contributed by atoms with Crippen molar-refractivity contribution < 1.29 is 9.66 Å². The average molecular weight is 544 g/mol. The number of halogens is 4. The molecular weight excluding hydrogens is 525 g/mol. The van der Waals surface area contributed by atoms with Gasteiger partial charge in [0, 0.05) is 31.8 Å². The third-order valence-electron chi connectivity index (χ3n) is 3.46. The summed E-state index contributed by atoms with van der Waals surface area (Å²) in [6.45, 7) is 4.58. The second-order valence-electron chi connectivity index (χ2n) is 5.35. The standard InChI is InChI=1S/C17H18Br2ClN3O3.ClH/c1-2-26-17-13(18)7-11(8-14(17)19)10-21-5-6-22-16-4-3-12(23(24)25)9-15(16)20;/h3-4,7-9,21-22H,2,5-6,10H2,1H3;1H. The van der Waals surface area contributed by atoms with E-state index in [4.69, 9.17) is 16.3 Å². The Morgan fingerprint density at radius 2 is 1.85 bits per heavy atom. The topological polar surface area (TPSA) is 76.4 Å². The van der Waals surface area contributed by atoms with E-state index in [1.165, 1.54) is 12.1 Å². The van der Waals surface area contributed by atoms with E-state index in [2.05, 4.69) is 42.5 Å². The van der Waals surface area contributed by atoms with Gasteiger partial charge in [0.15, 0.2) is 0 Å². The lowest BCUT2D eigenvalue weighted by Gasteiger charge is -2.12. The molecule has 0 aliphatic carbocycles. The van der Waals surface area contributed by atoms with Crippen LogP contribution in [0.25, 0.3) is 0 Å². The lowest BCUT2D eigenvalue weighted by atomic mass is 10.2. The van der Waals surface area contributed by atoms with Crippen molar-refractivity contribution in [3.05, 3.63) is 60.0 Å². The second kappa shape index (κ2) is 11.7. The molecule has 2 rings (SSSR count). The first-order valence-corrected chi connectivity index (χ1v) is 9.88. The Kier molecular flexibility index (Phi) is 10.4. The molecule has 0 heterocycles. The summed E-state index contributed by atoms with van der Waals surface area (Å²) in [5.41, 5.74) is 1.76. The van der Waals surface area contributed by atoms with Gasteiger partial charge in [-0.1, -0.05) is 11.6 Å². The van der Waals surface area contributed by atoms with Crippen LogP contribution in [0.4, 0.5) is 11.4 Å². The number of hydrogen-bond donors (Lipinski definition) is 2. The van der Waals surface area contributed by atoms with Crippen LogP contribution in [0, 0.1) is 10.1 Å². The van der Waals surface area contributed by atoms with E-state index in [0.717, 1.165) is 20.3 Å². The van der Waals surface area contributed by atoms with Crippen molar-refractivity contribution in [1.82, 2.24) is 5.32 Å². The monoisotopic (exact) mass is 541 g/mol. The molecule has 2 N–H and O–H groups in total. The molecule has 0 amide bonds. The Bertz CT molecular complexity index is 771. The predicted octanol–water partition coefficient (Wildman–Crippen LogP) is 5.80. The first kappa shape index (κ1) is 24.0. The Balaban J connectivity index is 0.00000364. The van der Waals surface area contributed by atoms with E-state index in [9.17, 15) is 10.1 Å². The summed E-state index contributed by atoms with van der Waals surface area (Å²) in [4.78, 5) is 10.2. The van der Waals surface area contributed by atoms with Crippen molar-refractivity contribution in [3.8, 4) is 5.75 Å². The maximum atomic E-state index is 10.7. The van der Waals surface area contributed by atoms with Crippen molar-refractivity contribution >= 4 is 67.2 Å². The molecule has 0 aliphatic heterocycles. The predicted molar refractivity (Wildman–Crippen MR) is 119 cm³/mol. The molecule has 2 aromatic rings. The molecule has 0 saturated carbocycles. The van der Waals surface area contributed by atoms with E-state index in [1.807, 2.05) is 19.1 Å². The van der Waals surface area contributed by atoms with Crippen molar-refractivity contribution in [2.24, 2.45) is 0 Å². The molecule has 0 saturated heterocycles. The highest BCUT2D eigenvalue weighted by Crippen LogP contribution is 2.34. The molecule has 10 heteroatoms. The summed E-state index contributed by atoms with van der Waals surface area (Å²) in [6, 6.07) is 8.41. The van der Waals surface area contributed by atoms with Gasteiger partial charge in [0.2, 0.25) is 0 Å². The molecule has 2 aromatic carbocycles. The van der Waals surface area contributed by atoms with Crippen molar-refractivity contribution in [2.75, 3.05) is 25.0 Å². The number of nitro benzene ring substituents is 1. The molecule has 27 heavy (non-hydrogen) atoms. The SMILES string of the molecule is CCOc1c(Br)cc(CNCCNc2ccc([N+](=O)[O-])cc2Cl)cc1Br.Cl. The highest BCUT2D eigenvalue weighted by Gasteiger charge is 2.10. The van der Waals surface area contributed by atoms with Gasteiger partial charge in [0.1, 0.15) is 5.75 Å². The fourth-order valence-corrected chi connectivity index (χ4v) is 4.03. The Hall–Kier alpha value is -1.06. The number of rotatable bonds is 9. The number of anilines is 1. The number of hydrogen-bond acceptors (Lipinski definition) is 5. The van der Waals surface area contributed by atoms with Crippen LogP contribution in [0.15, 0.2) is 39.3 Å². The van der Waals surface area contributed by atoms with E-state index in [0.29, 0.717) is 37.0 Å². The number of nitro groups is 1. The minimum absolute atomic E-state index is 0. The average Bonchev–Trinajstić information content (AvgIpc) is 2.59. The minimum Gasteiger partial charge on any atom is -0.492 e. The van der Waals surface area contributed by atoms with Gasteiger partial charge in [-0.3, -0.25) is 10.1 Å². The van der Waals surface area contributed by atoms with Crippen LogP contribution in [-0.4, -0.2) is 24.6 Å². The summed E-state index contributed by atoms with van der Waals surface area (Å²) in [6.07, 6.45) is 0. The number of non-ortho nitro benzene ring substituents is 1. The van der Waals surface area contributed by atoms with Crippen LogP contribution in [0.1, 0.15) is 12.5 Å². The lowest BCUT2D eigenvalue weighted by molar-refractivity contribution is -0.384. The number of ether oxygens (including phenoxy) is 1. The smallest absolute Gasteiger partial charge is 0.271 e. The summed E-state index contributed by atoms with van der Waals surface area (Å²) in [5.74, 6) is 0.797. The second-order valence-corrected chi connectivity index (χ2v) is 7.46. The third kappa shape index (κ3) is 7.12. The molecule has 0 fully saturated rings. The largest absolute Gasteiger partial charge is 0.492 e. The van der Waals surface area contributed by atoms with Gasteiger partial charge in [-0.15, -0.1) is 12.4 Å². The highest BCUT2D eigenvalue weighted by molar-refractivity contribution is 9.11. The van der Waals surface area contributed by atoms with Crippen molar-refractivity contribution in [1.29, 1.82) is 0 Å². The summed E-state index contributed by atoms with van der Waals surface area (Å²) in [7, 11) is 0. The van der Waals surface area contributed by atoms with Crippen molar-refractivity contribution in [3.63, 3.8) is 0 Å². The van der Waals surface area contributed by atoms with Gasteiger partial charge in [0.25, 0.3) is 5.69 Å². The number of nitrogens with one attached hydrogen (secondary N) is 2. The lowest BCUT2D eigenvalue weighted by Crippen LogP contribution is -2.22. The molecule has 0 bridgehead atoms. The zero-order chi connectivity index (χ0) is 19.1. The summed E-state index contributed by atoms with van der Waals surface area (Å²) >= 11 is 13.1. The molecule has 0 aromatic heterocycles. The van der Waals surface area contributed by atoms with Crippen LogP contribution in [-0.2, 0) is 6.54 Å². The molecular formula is C17H19Br2Cl2N3O3. The molecule has 0 aliphatic rings.